The fourth-order valence-corrected chi connectivity index (χ4v) is 3.72. The SMILES string of the molecule is CCOC(=O)[C@]1(C)N[C@H](c2ccc(O)cc2)[C@@H]2C(=O)N(C)C(=O)[C@@H]21. The number of rotatable bonds is 3. The number of likely N-dealkylation sites (tertiary alicyclic amines) is 1. The van der Waals surface area contributed by atoms with E-state index < -0.39 is 29.4 Å². The number of nitrogens with one attached hydrogen (secondary N) is 1. The fourth-order valence-electron chi connectivity index (χ4n) is 3.72. The van der Waals surface area contributed by atoms with Crippen LogP contribution in [0.25, 0.3) is 0 Å². The molecule has 0 aliphatic carbocycles. The Balaban J connectivity index is 2.06. The van der Waals surface area contributed by atoms with Gasteiger partial charge < -0.3 is 9.84 Å². The summed E-state index contributed by atoms with van der Waals surface area (Å²) in [5.41, 5.74) is -0.548. The molecule has 128 valence electrons. The first-order valence-corrected chi connectivity index (χ1v) is 7.86. The first-order valence-electron chi connectivity index (χ1n) is 7.86. The molecule has 2 heterocycles. The number of esters is 1. The maximum atomic E-state index is 12.6. The van der Waals surface area contributed by atoms with Gasteiger partial charge in [-0.2, -0.15) is 0 Å². The summed E-state index contributed by atoms with van der Waals surface area (Å²) in [4.78, 5) is 38.7. The molecule has 0 radical (unpaired) electrons. The molecule has 0 spiro atoms. The Labute approximate surface area is 139 Å². The van der Waals surface area contributed by atoms with Gasteiger partial charge in [0.2, 0.25) is 11.8 Å². The molecule has 3 rings (SSSR count). The summed E-state index contributed by atoms with van der Waals surface area (Å²) in [6.45, 7) is 3.49. The number of nitrogens with zero attached hydrogens (tertiary/aromatic N) is 1. The molecule has 2 aliphatic heterocycles. The highest BCUT2D eigenvalue weighted by Crippen LogP contribution is 2.48. The van der Waals surface area contributed by atoms with Gasteiger partial charge in [0.05, 0.1) is 18.4 Å². The van der Waals surface area contributed by atoms with Crippen molar-refractivity contribution in [3.63, 3.8) is 0 Å². The van der Waals surface area contributed by atoms with E-state index in [-0.39, 0.29) is 24.2 Å². The molecule has 2 N–H and O–H groups in total. The smallest absolute Gasteiger partial charge is 0.326 e. The third-order valence-corrected chi connectivity index (χ3v) is 4.96. The van der Waals surface area contributed by atoms with Crippen molar-refractivity contribution in [1.82, 2.24) is 10.2 Å². The zero-order valence-corrected chi connectivity index (χ0v) is 13.8. The van der Waals surface area contributed by atoms with Crippen molar-refractivity contribution in [2.75, 3.05) is 13.7 Å². The maximum absolute atomic E-state index is 12.6. The van der Waals surface area contributed by atoms with Crippen molar-refractivity contribution >= 4 is 17.8 Å². The van der Waals surface area contributed by atoms with Crippen molar-refractivity contribution in [1.29, 1.82) is 0 Å². The highest BCUT2D eigenvalue weighted by molar-refractivity contribution is 6.09. The number of carbonyl (C=O) groups is 3. The minimum absolute atomic E-state index is 0.104. The predicted octanol–water partition coefficient (Wildman–Crippen LogP) is 0.589. The molecule has 2 amide bonds. The molecule has 4 atom stereocenters. The van der Waals surface area contributed by atoms with Crippen LogP contribution in [0.5, 0.6) is 5.75 Å². The second-order valence-electron chi connectivity index (χ2n) is 6.38. The second kappa shape index (κ2) is 5.59. The number of amides is 2. The van der Waals surface area contributed by atoms with Crippen molar-refractivity contribution in [2.24, 2.45) is 11.8 Å². The lowest BCUT2D eigenvalue weighted by atomic mass is 9.80. The zero-order valence-electron chi connectivity index (χ0n) is 13.8. The predicted molar refractivity (Wildman–Crippen MR) is 83.8 cm³/mol. The number of imide groups is 1. The van der Waals surface area contributed by atoms with Crippen molar-refractivity contribution in [2.45, 2.75) is 25.4 Å². The minimum atomic E-state index is -1.28. The maximum Gasteiger partial charge on any atom is 0.326 e. The molecule has 0 saturated carbocycles. The van der Waals surface area contributed by atoms with Gasteiger partial charge in [-0.05, 0) is 31.5 Å². The molecule has 2 saturated heterocycles. The standard InChI is InChI=1S/C17H20N2O5/c1-4-24-16(23)17(2)12-11(14(21)19(3)15(12)22)13(18-17)9-5-7-10(20)8-6-9/h5-8,11-13,18,20H,4H2,1-3H3/t11-,12-,13-,17-/m1/s1. The second-order valence-corrected chi connectivity index (χ2v) is 6.38. The normalized spacial score (nSPS) is 32.1. The quantitative estimate of drug-likeness (QED) is 0.621. The minimum Gasteiger partial charge on any atom is -0.508 e. The Hall–Kier alpha value is -2.41. The molecular formula is C17H20N2O5. The number of aromatic hydroxyl groups is 1. The van der Waals surface area contributed by atoms with E-state index in [1.807, 2.05) is 0 Å². The average molecular weight is 332 g/mol. The molecule has 1 aromatic carbocycles. The van der Waals surface area contributed by atoms with Gasteiger partial charge in [0, 0.05) is 13.1 Å². The van der Waals surface area contributed by atoms with E-state index in [4.69, 9.17) is 4.74 Å². The first-order chi connectivity index (χ1) is 11.3. The number of fused-ring (bicyclic) bond motifs is 1. The van der Waals surface area contributed by atoms with Gasteiger partial charge >= 0.3 is 5.97 Å². The lowest BCUT2D eigenvalue weighted by Gasteiger charge is -2.28. The van der Waals surface area contributed by atoms with Crippen LogP contribution >= 0.6 is 0 Å². The third-order valence-electron chi connectivity index (χ3n) is 4.96. The fraction of sp³-hybridized carbons (Fsp3) is 0.471. The molecular weight excluding hydrogens is 312 g/mol. The highest BCUT2D eigenvalue weighted by Gasteiger charge is 2.66. The number of benzene rings is 1. The van der Waals surface area contributed by atoms with Crippen LogP contribution in [0.1, 0.15) is 25.5 Å². The van der Waals surface area contributed by atoms with E-state index in [0.29, 0.717) is 0 Å². The van der Waals surface area contributed by atoms with Gasteiger partial charge in [-0.3, -0.25) is 24.6 Å². The molecule has 7 nitrogen and oxygen atoms in total. The van der Waals surface area contributed by atoms with Crippen LogP contribution in [0.3, 0.4) is 0 Å². The Morgan fingerprint density at radius 3 is 2.50 bits per heavy atom. The zero-order chi connectivity index (χ0) is 17.6. The van der Waals surface area contributed by atoms with Gasteiger partial charge in [-0.15, -0.1) is 0 Å². The Morgan fingerprint density at radius 2 is 1.92 bits per heavy atom. The molecule has 7 heteroatoms. The summed E-state index contributed by atoms with van der Waals surface area (Å²) in [6, 6.07) is 5.87. The average Bonchev–Trinajstić information content (AvgIpc) is 2.99. The van der Waals surface area contributed by atoms with Gasteiger partial charge in [0.1, 0.15) is 11.3 Å². The monoisotopic (exact) mass is 332 g/mol. The van der Waals surface area contributed by atoms with E-state index >= 15 is 0 Å². The molecule has 24 heavy (non-hydrogen) atoms. The van der Waals surface area contributed by atoms with E-state index in [1.165, 1.54) is 19.2 Å². The molecule has 2 fully saturated rings. The highest BCUT2D eigenvalue weighted by atomic mass is 16.5. The summed E-state index contributed by atoms with van der Waals surface area (Å²) >= 11 is 0. The summed E-state index contributed by atoms with van der Waals surface area (Å²) in [5.74, 6) is -2.63. The van der Waals surface area contributed by atoms with Crippen LogP contribution in [-0.4, -0.2) is 47.0 Å². The Bertz CT molecular complexity index is 701. The van der Waals surface area contributed by atoms with Gasteiger partial charge in [-0.25, -0.2) is 0 Å². The molecule has 2 aliphatic rings. The van der Waals surface area contributed by atoms with Crippen LogP contribution in [0, 0.1) is 11.8 Å². The van der Waals surface area contributed by atoms with Crippen molar-refractivity contribution < 1.29 is 24.2 Å². The first kappa shape index (κ1) is 16.4. The van der Waals surface area contributed by atoms with Gasteiger partial charge in [0.25, 0.3) is 0 Å². The summed E-state index contributed by atoms with van der Waals surface area (Å²) in [6.07, 6.45) is 0. The molecule has 1 aromatic rings. The van der Waals surface area contributed by atoms with Crippen LogP contribution in [-0.2, 0) is 19.1 Å². The topological polar surface area (TPSA) is 95.9 Å². The number of carbonyl (C=O) groups excluding carboxylic acids is 3. The molecule has 0 unspecified atom stereocenters. The van der Waals surface area contributed by atoms with Crippen LogP contribution in [0.15, 0.2) is 24.3 Å². The Kier molecular flexibility index (Phi) is 3.83. The van der Waals surface area contributed by atoms with Gasteiger partial charge in [0.15, 0.2) is 0 Å². The third kappa shape index (κ3) is 2.19. The summed E-state index contributed by atoms with van der Waals surface area (Å²) in [5, 5.41) is 12.6. The number of phenolic OH excluding ortho intramolecular Hbond substituents is 1. The number of hydrogen-bond acceptors (Lipinski definition) is 6. The number of ether oxygens (including phenoxy) is 1. The summed E-state index contributed by atoms with van der Waals surface area (Å²) < 4.78 is 5.14. The van der Waals surface area contributed by atoms with Crippen LogP contribution in [0.2, 0.25) is 0 Å². The Morgan fingerprint density at radius 1 is 1.29 bits per heavy atom. The summed E-state index contributed by atoms with van der Waals surface area (Å²) in [7, 11) is 1.43. The molecule has 0 aromatic heterocycles. The van der Waals surface area contributed by atoms with E-state index in [9.17, 15) is 19.5 Å². The molecule has 0 bridgehead atoms. The van der Waals surface area contributed by atoms with E-state index in [2.05, 4.69) is 5.32 Å². The van der Waals surface area contributed by atoms with Crippen LogP contribution < -0.4 is 5.32 Å². The van der Waals surface area contributed by atoms with E-state index in [0.717, 1.165) is 10.5 Å². The van der Waals surface area contributed by atoms with Crippen molar-refractivity contribution in [3.8, 4) is 5.75 Å². The number of phenols is 1. The number of hydrogen-bond donors (Lipinski definition) is 2. The lowest BCUT2D eigenvalue weighted by molar-refractivity contribution is -0.155. The largest absolute Gasteiger partial charge is 0.508 e. The van der Waals surface area contributed by atoms with Crippen LogP contribution in [0.4, 0.5) is 0 Å². The lowest BCUT2D eigenvalue weighted by Crippen LogP contribution is -2.53. The van der Waals surface area contributed by atoms with Crippen molar-refractivity contribution in [3.05, 3.63) is 29.8 Å². The van der Waals surface area contributed by atoms with E-state index in [1.54, 1.807) is 26.0 Å². The van der Waals surface area contributed by atoms with Gasteiger partial charge in [-0.1, -0.05) is 12.1 Å².